The summed E-state index contributed by atoms with van der Waals surface area (Å²) in [5, 5.41) is 4.42. The maximum Gasteiger partial charge on any atom is 0.241 e. The van der Waals surface area contributed by atoms with Gasteiger partial charge >= 0.3 is 0 Å². The third-order valence-electron chi connectivity index (χ3n) is 5.07. The molecule has 1 saturated heterocycles. The van der Waals surface area contributed by atoms with E-state index in [0.717, 1.165) is 24.5 Å². The van der Waals surface area contributed by atoms with E-state index in [2.05, 4.69) is 37.2 Å². The van der Waals surface area contributed by atoms with E-state index in [-0.39, 0.29) is 12.2 Å². The molecule has 2 unspecified atom stereocenters. The molecular formula is C17H32N2OS. The van der Waals surface area contributed by atoms with Crippen molar-refractivity contribution in [3.8, 4) is 0 Å². The minimum Gasteiger partial charge on any atom is -0.323 e. The van der Waals surface area contributed by atoms with Gasteiger partial charge < -0.3 is 4.90 Å². The average molecular weight is 313 g/mol. The van der Waals surface area contributed by atoms with E-state index in [9.17, 15) is 4.79 Å². The Hall–Kier alpha value is -0.220. The predicted molar refractivity (Wildman–Crippen MR) is 91.5 cm³/mol. The molecule has 0 radical (unpaired) electrons. The Kier molecular flexibility index (Phi) is 6.42. The van der Waals surface area contributed by atoms with E-state index >= 15 is 0 Å². The highest BCUT2D eigenvalue weighted by Crippen LogP contribution is 2.33. The quantitative estimate of drug-likeness (QED) is 0.813. The molecule has 2 atom stereocenters. The number of hydrogen-bond donors (Lipinski definition) is 1. The Morgan fingerprint density at radius 2 is 1.95 bits per heavy atom. The molecule has 0 bridgehead atoms. The molecular weight excluding hydrogens is 280 g/mol. The second-order valence-electron chi connectivity index (χ2n) is 6.96. The maximum atomic E-state index is 12.8. The number of rotatable bonds is 6. The van der Waals surface area contributed by atoms with Gasteiger partial charge in [0.1, 0.15) is 0 Å². The van der Waals surface area contributed by atoms with Crippen molar-refractivity contribution in [2.24, 2.45) is 5.92 Å². The fourth-order valence-electron chi connectivity index (χ4n) is 3.77. The van der Waals surface area contributed by atoms with Gasteiger partial charge in [-0.1, -0.05) is 33.6 Å². The zero-order chi connectivity index (χ0) is 15.4. The van der Waals surface area contributed by atoms with Crippen molar-refractivity contribution in [2.75, 3.05) is 6.26 Å². The van der Waals surface area contributed by atoms with Crippen LogP contribution >= 0.6 is 11.8 Å². The van der Waals surface area contributed by atoms with Gasteiger partial charge in [0.25, 0.3) is 0 Å². The second-order valence-corrected chi connectivity index (χ2v) is 8.10. The highest BCUT2D eigenvalue weighted by molar-refractivity contribution is 7.99. The lowest BCUT2D eigenvalue weighted by atomic mass is 9.92. The van der Waals surface area contributed by atoms with Gasteiger partial charge in [-0.05, 0) is 44.3 Å². The molecule has 1 saturated carbocycles. The number of hydrogen-bond acceptors (Lipinski definition) is 3. The summed E-state index contributed by atoms with van der Waals surface area (Å²) < 4.78 is 0. The van der Waals surface area contributed by atoms with Gasteiger partial charge in [0.2, 0.25) is 5.91 Å². The molecule has 1 amide bonds. The zero-order valence-corrected chi connectivity index (χ0v) is 14.9. The van der Waals surface area contributed by atoms with Crippen LogP contribution in [0.25, 0.3) is 0 Å². The largest absolute Gasteiger partial charge is 0.323 e. The minimum atomic E-state index is 0.0654. The van der Waals surface area contributed by atoms with E-state index in [4.69, 9.17) is 0 Å². The molecule has 4 heteroatoms. The number of carbonyl (C=O) groups excluding carboxylic acids is 1. The molecule has 0 aromatic rings. The molecule has 122 valence electrons. The molecule has 3 nitrogen and oxygen atoms in total. The summed E-state index contributed by atoms with van der Waals surface area (Å²) >= 11 is 1.99. The SMILES string of the molecule is CCCCC1NC(C(C)C)N(C2CCC(SC)CC2)C1=O. The topological polar surface area (TPSA) is 32.3 Å². The van der Waals surface area contributed by atoms with Crippen molar-refractivity contribution in [2.45, 2.75) is 89.2 Å². The van der Waals surface area contributed by atoms with Gasteiger partial charge in [0, 0.05) is 11.3 Å². The van der Waals surface area contributed by atoms with Crippen LogP contribution in [-0.2, 0) is 4.79 Å². The molecule has 0 spiro atoms. The zero-order valence-electron chi connectivity index (χ0n) is 14.1. The molecule has 1 aliphatic heterocycles. The normalized spacial score (nSPS) is 34.0. The maximum absolute atomic E-state index is 12.8. The van der Waals surface area contributed by atoms with Gasteiger partial charge in [-0.15, -0.1) is 0 Å². The Morgan fingerprint density at radius 3 is 2.48 bits per heavy atom. The number of carbonyl (C=O) groups is 1. The molecule has 2 fully saturated rings. The average Bonchev–Trinajstić information content (AvgIpc) is 2.82. The highest BCUT2D eigenvalue weighted by Gasteiger charge is 2.43. The fourth-order valence-corrected chi connectivity index (χ4v) is 4.51. The molecule has 0 aromatic carbocycles. The third-order valence-corrected chi connectivity index (χ3v) is 6.21. The first-order valence-electron chi connectivity index (χ1n) is 8.69. The van der Waals surface area contributed by atoms with E-state index in [1.165, 1.54) is 25.7 Å². The summed E-state index contributed by atoms with van der Waals surface area (Å²) in [6, 6.07) is 0.531. The van der Waals surface area contributed by atoms with Gasteiger partial charge in [0.05, 0.1) is 12.2 Å². The van der Waals surface area contributed by atoms with E-state index in [1.807, 2.05) is 11.8 Å². The van der Waals surface area contributed by atoms with Crippen molar-refractivity contribution in [1.82, 2.24) is 10.2 Å². The van der Waals surface area contributed by atoms with Crippen molar-refractivity contribution in [3.63, 3.8) is 0 Å². The summed E-state index contributed by atoms with van der Waals surface area (Å²) in [6.07, 6.45) is 10.7. The van der Waals surface area contributed by atoms with E-state index < -0.39 is 0 Å². The van der Waals surface area contributed by atoms with Crippen LogP contribution in [0, 0.1) is 5.92 Å². The second kappa shape index (κ2) is 7.87. The Labute approximate surface area is 134 Å². The van der Waals surface area contributed by atoms with E-state index in [0.29, 0.717) is 17.9 Å². The molecule has 2 aliphatic rings. The monoisotopic (exact) mass is 312 g/mol. The summed E-state index contributed by atoms with van der Waals surface area (Å²) in [7, 11) is 0. The first-order valence-corrected chi connectivity index (χ1v) is 9.98. The first kappa shape index (κ1) is 17.1. The number of unbranched alkanes of at least 4 members (excludes halogenated alkanes) is 1. The molecule has 1 aliphatic carbocycles. The summed E-state index contributed by atoms with van der Waals surface area (Å²) in [4.78, 5) is 15.1. The summed E-state index contributed by atoms with van der Waals surface area (Å²) in [5.74, 6) is 0.855. The summed E-state index contributed by atoms with van der Waals surface area (Å²) in [6.45, 7) is 6.65. The highest BCUT2D eigenvalue weighted by atomic mass is 32.2. The number of nitrogens with one attached hydrogen (secondary N) is 1. The molecule has 2 rings (SSSR count). The Balaban J connectivity index is 2.02. The van der Waals surface area contributed by atoms with Gasteiger partial charge in [-0.3, -0.25) is 10.1 Å². The third kappa shape index (κ3) is 3.95. The number of nitrogens with zero attached hydrogens (tertiary/aromatic N) is 1. The smallest absolute Gasteiger partial charge is 0.241 e. The lowest BCUT2D eigenvalue weighted by molar-refractivity contribution is -0.133. The van der Waals surface area contributed by atoms with Crippen molar-refractivity contribution in [1.29, 1.82) is 0 Å². The van der Waals surface area contributed by atoms with Crippen LogP contribution in [0.2, 0.25) is 0 Å². The van der Waals surface area contributed by atoms with Crippen LogP contribution in [0.4, 0.5) is 0 Å². The van der Waals surface area contributed by atoms with Crippen LogP contribution in [-0.4, -0.2) is 40.6 Å². The van der Waals surface area contributed by atoms with Crippen LogP contribution in [0.1, 0.15) is 65.7 Å². The van der Waals surface area contributed by atoms with Crippen LogP contribution < -0.4 is 5.32 Å². The lowest BCUT2D eigenvalue weighted by Crippen LogP contribution is -2.48. The fraction of sp³-hybridized carbons (Fsp3) is 0.941. The van der Waals surface area contributed by atoms with Crippen molar-refractivity contribution < 1.29 is 4.79 Å². The number of thioether (sulfide) groups is 1. The minimum absolute atomic E-state index is 0.0654. The molecule has 1 N–H and O–H groups in total. The molecule has 1 heterocycles. The van der Waals surface area contributed by atoms with Crippen LogP contribution in [0.15, 0.2) is 0 Å². The van der Waals surface area contributed by atoms with Gasteiger partial charge in [-0.2, -0.15) is 11.8 Å². The number of amides is 1. The van der Waals surface area contributed by atoms with E-state index in [1.54, 1.807) is 0 Å². The van der Waals surface area contributed by atoms with Gasteiger partial charge in [-0.25, -0.2) is 0 Å². The molecule has 21 heavy (non-hydrogen) atoms. The van der Waals surface area contributed by atoms with Crippen LogP contribution in [0.5, 0.6) is 0 Å². The molecule has 0 aromatic heterocycles. The predicted octanol–water partition coefficient (Wildman–Crippen LogP) is 3.63. The van der Waals surface area contributed by atoms with Crippen molar-refractivity contribution in [3.05, 3.63) is 0 Å². The Bertz CT molecular complexity index is 340. The van der Waals surface area contributed by atoms with Crippen molar-refractivity contribution >= 4 is 17.7 Å². The summed E-state index contributed by atoms with van der Waals surface area (Å²) in [5.41, 5.74) is 0. The Morgan fingerprint density at radius 1 is 1.29 bits per heavy atom. The van der Waals surface area contributed by atoms with Crippen LogP contribution in [0.3, 0.4) is 0 Å². The lowest BCUT2D eigenvalue weighted by Gasteiger charge is -2.38. The standard InChI is InChI=1S/C17H32N2OS/c1-5-6-7-15-17(20)19(16(18-15)12(2)3)13-8-10-14(21-4)11-9-13/h12-16,18H,5-11H2,1-4H3. The van der Waals surface area contributed by atoms with Gasteiger partial charge in [0.15, 0.2) is 0 Å². The first-order chi connectivity index (χ1) is 10.1.